The van der Waals surface area contributed by atoms with Gasteiger partial charge in [-0.2, -0.15) is 0 Å². The number of hydrogen-bond donors (Lipinski definition) is 1. The molecule has 0 radical (unpaired) electrons. The first-order valence-corrected chi connectivity index (χ1v) is 7.63. The highest BCUT2D eigenvalue weighted by molar-refractivity contribution is 7.98. The molecule has 1 aromatic rings. The summed E-state index contributed by atoms with van der Waals surface area (Å²) in [6.45, 7) is 3.83. The summed E-state index contributed by atoms with van der Waals surface area (Å²) in [6, 6.07) is 8.36. The molecule has 3 nitrogen and oxygen atoms in total. The summed E-state index contributed by atoms with van der Waals surface area (Å²) in [4.78, 5) is 15.2. The van der Waals surface area contributed by atoms with Crippen LogP contribution in [0.2, 0.25) is 0 Å². The van der Waals surface area contributed by atoms with Gasteiger partial charge in [-0.15, -0.1) is 11.8 Å². The summed E-state index contributed by atoms with van der Waals surface area (Å²) < 4.78 is 0. The standard InChI is InChI=1S/C14H20N2OS/c1-11(12-7-3-4-8-13(12)18-2)15-14(17)16-9-5-6-10-16/h3-4,7-8,11H,5-6,9-10H2,1-2H3,(H,15,17)/t11-/m1/s1. The van der Waals surface area contributed by atoms with Crippen molar-refractivity contribution in [2.24, 2.45) is 0 Å². The molecule has 0 bridgehead atoms. The van der Waals surface area contributed by atoms with Gasteiger partial charge in [0.15, 0.2) is 0 Å². The first-order chi connectivity index (χ1) is 8.72. The van der Waals surface area contributed by atoms with Crippen molar-refractivity contribution in [3.05, 3.63) is 29.8 Å². The van der Waals surface area contributed by atoms with Crippen molar-refractivity contribution in [3.8, 4) is 0 Å². The first kappa shape index (κ1) is 13.3. The Kier molecular flexibility index (Phi) is 4.53. The van der Waals surface area contributed by atoms with Crippen LogP contribution in [0.25, 0.3) is 0 Å². The van der Waals surface area contributed by atoms with Crippen LogP contribution in [0.15, 0.2) is 29.2 Å². The molecule has 18 heavy (non-hydrogen) atoms. The number of amides is 2. The molecule has 1 aliphatic rings. The van der Waals surface area contributed by atoms with Crippen LogP contribution in [0.3, 0.4) is 0 Å². The van der Waals surface area contributed by atoms with Gasteiger partial charge in [0.1, 0.15) is 0 Å². The highest BCUT2D eigenvalue weighted by atomic mass is 32.2. The van der Waals surface area contributed by atoms with Gasteiger partial charge in [-0.1, -0.05) is 18.2 Å². The van der Waals surface area contributed by atoms with E-state index in [9.17, 15) is 4.79 Å². The fraction of sp³-hybridized carbons (Fsp3) is 0.500. The molecule has 1 N–H and O–H groups in total. The lowest BCUT2D eigenvalue weighted by Gasteiger charge is -2.22. The van der Waals surface area contributed by atoms with Crippen molar-refractivity contribution >= 4 is 17.8 Å². The van der Waals surface area contributed by atoms with Crippen LogP contribution >= 0.6 is 11.8 Å². The Morgan fingerprint density at radius 2 is 2.00 bits per heavy atom. The second kappa shape index (κ2) is 6.14. The Morgan fingerprint density at radius 1 is 1.33 bits per heavy atom. The van der Waals surface area contributed by atoms with Crippen molar-refractivity contribution < 1.29 is 4.79 Å². The number of likely N-dealkylation sites (tertiary alicyclic amines) is 1. The average Bonchev–Trinajstić information content (AvgIpc) is 2.92. The smallest absolute Gasteiger partial charge is 0.317 e. The van der Waals surface area contributed by atoms with Crippen molar-refractivity contribution in [3.63, 3.8) is 0 Å². The maximum atomic E-state index is 12.0. The molecule has 2 amide bonds. The molecule has 1 atom stereocenters. The van der Waals surface area contributed by atoms with Gasteiger partial charge < -0.3 is 10.2 Å². The zero-order chi connectivity index (χ0) is 13.0. The van der Waals surface area contributed by atoms with Crippen LogP contribution in [0.4, 0.5) is 4.79 Å². The third-order valence-electron chi connectivity index (χ3n) is 3.34. The van der Waals surface area contributed by atoms with E-state index in [0.717, 1.165) is 25.9 Å². The SMILES string of the molecule is CSc1ccccc1[C@@H](C)NC(=O)N1CCCC1. The van der Waals surface area contributed by atoms with Gasteiger partial charge in [0.25, 0.3) is 0 Å². The molecule has 2 rings (SSSR count). The van der Waals surface area contributed by atoms with E-state index in [2.05, 4.69) is 23.7 Å². The Hall–Kier alpha value is -1.16. The molecule has 0 aliphatic carbocycles. The number of carbonyl (C=O) groups is 1. The predicted octanol–water partition coefficient (Wildman–Crippen LogP) is 3.27. The Morgan fingerprint density at radius 3 is 2.67 bits per heavy atom. The number of nitrogens with zero attached hydrogens (tertiary/aromatic N) is 1. The number of thioether (sulfide) groups is 1. The van der Waals surface area contributed by atoms with Crippen molar-refractivity contribution in [2.45, 2.75) is 30.7 Å². The molecule has 1 aliphatic heterocycles. The second-order valence-corrected chi connectivity index (χ2v) is 5.46. The third-order valence-corrected chi connectivity index (χ3v) is 4.15. The van der Waals surface area contributed by atoms with Crippen molar-refractivity contribution in [1.29, 1.82) is 0 Å². The minimum absolute atomic E-state index is 0.0572. The lowest BCUT2D eigenvalue weighted by atomic mass is 10.1. The Balaban J connectivity index is 2.02. The molecule has 1 heterocycles. The molecule has 1 aromatic carbocycles. The minimum Gasteiger partial charge on any atom is -0.331 e. The lowest BCUT2D eigenvalue weighted by Crippen LogP contribution is -2.39. The monoisotopic (exact) mass is 264 g/mol. The number of hydrogen-bond acceptors (Lipinski definition) is 2. The summed E-state index contributed by atoms with van der Waals surface area (Å²) in [7, 11) is 0. The van der Waals surface area contributed by atoms with Crippen LogP contribution < -0.4 is 5.32 Å². The summed E-state index contributed by atoms with van der Waals surface area (Å²) >= 11 is 1.72. The number of nitrogens with one attached hydrogen (secondary N) is 1. The number of rotatable bonds is 3. The van der Waals surface area contributed by atoms with Gasteiger partial charge in [0, 0.05) is 18.0 Å². The van der Waals surface area contributed by atoms with Gasteiger partial charge in [-0.3, -0.25) is 0 Å². The number of urea groups is 1. The molecular formula is C14H20N2OS. The van der Waals surface area contributed by atoms with E-state index in [1.807, 2.05) is 24.0 Å². The van der Waals surface area contributed by atoms with E-state index in [0.29, 0.717) is 0 Å². The fourth-order valence-corrected chi connectivity index (χ4v) is 2.99. The number of carbonyl (C=O) groups excluding carboxylic acids is 1. The lowest BCUT2D eigenvalue weighted by molar-refractivity contribution is 0.205. The average molecular weight is 264 g/mol. The molecule has 4 heteroatoms. The van der Waals surface area contributed by atoms with E-state index in [1.165, 1.54) is 10.5 Å². The van der Waals surface area contributed by atoms with Gasteiger partial charge in [0.2, 0.25) is 0 Å². The topological polar surface area (TPSA) is 32.3 Å². The van der Waals surface area contributed by atoms with Gasteiger partial charge in [-0.05, 0) is 37.7 Å². The van der Waals surface area contributed by atoms with Crippen LogP contribution in [0.1, 0.15) is 31.4 Å². The fourth-order valence-electron chi connectivity index (χ4n) is 2.30. The molecule has 1 saturated heterocycles. The second-order valence-electron chi connectivity index (χ2n) is 4.61. The Bertz CT molecular complexity index is 416. The molecule has 0 unspecified atom stereocenters. The van der Waals surface area contributed by atoms with Gasteiger partial charge in [-0.25, -0.2) is 4.79 Å². The van der Waals surface area contributed by atoms with E-state index >= 15 is 0 Å². The summed E-state index contributed by atoms with van der Waals surface area (Å²) in [6.07, 6.45) is 4.32. The molecule has 0 aromatic heterocycles. The third kappa shape index (κ3) is 2.99. The molecule has 98 valence electrons. The van der Waals surface area contributed by atoms with Crippen LogP contribution in [-0.2, 0) is 0 Å². The first-order valence-electron chi connectivity index (χ1n) is 6.40. The normalized spacial score (nSPS) is 16.7. The van der Waals surface area contributed by atoms with Gasteiger partial charge in [0.05, 0.1) is 6.04 Å². The van der Waals surface area contributed by atoms with E-state index in [1.54, 1.807) is 11.8 Å². The zero-order valence-electron chi connectivity index (χ0n) is 11.0. The molecular weight excluding hydrogens is 244 g/mol. The maximum Gasteiger partial charge on any atom is 0.317 e. The van der Waals surface area contributed by atoms with E-state index in [4.69, 9.17) is 0 Å². The number of benzene rings is 1. The minimum atomic E-state index is 0.0572. The van der Waals surface area contributed by atoms with Crippen molar-refractivity contribution in [2.75, 3.05) is 19.3 Å². The predicted molar refractivity (Wildman–Crippen MR) is 76.0 cm³/mol. The van der Waals surface area contributed by atoms with E-state index in [-0.39, 0.29) is 12.1 Å². The summed E-state index contributed by atoms with van der Waals surface area (Å²) in [5.41, 5.74) is 1.19. The Labute approximate surface area is 113 Å². The zero-order valence-corrected chi connectivity index (χ0v) is 11.8. The highest BCUT2D eigenvalue weighted by Gasteiger charge is 2.20. The molecule has 0 saturated carbocycles. The van der Waals surface area contributed by atoms with E-state index < -0.39 is 0 Å². The van der Waals surface area contributed by atoms with Crippen LogP contribution in [0.5, 0.6) is 0 Å². The maximum absolute atomic E-state index is 12.0. The largest absolute Gasteiger partial charge is 0.331 e. The van der Waals surface area contributed by atoms with Crippen LogP contribution in [-0.4, -0.2) is 30.3 Å². The van der Waals surface area contributed by atoms with Gasteiger partial charge >= 0.3 is 6.03 Å². The summed E-state index contributed by atoms with van der Waals surface area (Å²) in [5.74, 6) is 0. The highest BCUT2D eigenvalue weighted by Crippen LogP contribution is 2.25. The molecule has 1 fully saturated rings. The quantitative estimate of drug-likeness (QED) is 0.850. The van der Waals surface area contributed by atoms with Crippen molar-refractivity contribution in [1.82, 2.24) is 10.2 Å². The molecule has 0 spiro atoms. The van der Waals surface area contributed by atoms with Crippen LogP contribution in [0, 0.1) is 0 Å². The summed E-state index contributed by atoms with van der Waals surface area (Å²) in [5, 5.41) is 3.09.